The maximum atomic E-state index is 9.79. The fourth-order valence-corrected chi connectivity index (χ4v) is 2.29. The third-order valence-electron chi connectivity index (χ3n) is 3.59. The Kier molecular flexibility index (Phi) is 5.48. The summed E-state index contributed by atoms with van der Waals surface area (Å²) in [6.45, 7) is -0.938. The topological polar surface area (TPSA) is 169 Å². The van der Waals surface area contributed by atoms with Crippen LogP contribution in [0.3, 0.4) is 0 Å². The minimum absolute atomic E-state index is 0.305. The van der Waals surface area contributed by atoms with E-state index in [-0.39, 0.29) is 6.61 Å². The van der Waals surface area contributed by atoms with Crippen LogP contribution in [0.2, 0.25) is 0 Å². The van der Waals surface area contributed by atoms with Crippen LogP contribution in [0.25, 0.3) is 0 Å². The van der Waals surface area contributed by atoms with Crippen molar-refractivity contribution in [2.45, 2.75) is 55.3 Å². The molecule has 0 aromatic heterocycles. The zero-order valence-corrected chi connectivity index (χ0v) is 11.0. The lowest BCUT2D eigenvalue weighted by molar-refractivity contribution is -0.345. The highest BCUT2D eigenvalue weighted by molar-refractivity contribution is 4.91. The number of rotatable bonds is 3. The molecule has 9 atom stereocenters. The van der Waals surface area contributed by atoms with Crippen LogP contribution in [0.5, 0.6) is 0 Å². The molecule has 0 amide bonds. The van der Waals surface area contributed by atoms with Crippen LogP contribution in [0.4, 0.5) is 0 Å². The summed E-state index contributed by atoms with van der Waals surface area (Å²) < 4.78 is 15.0. The normalized spacial score (nSPS) is 51.9. The second kappa shape index (κ2) is 6.79. The summed E-state index contributed by atoms with van der Waals surface area (Å²) in [6, 6.07) is 0. The predicted octanol–water partition coefficient (Wildman–Crippen LogP) is -4.76. The molecule has 124 valence electrons. The van der Waals surface area contributed by atoms with E-state index in [1.54, 1.807) is 0 Å². The Morgan fingerprint density at radius 1 is 0.905 bits per heavy atom. The van der Waals surface area contributed by atoms with Crippen LogP contribution in [0.1, 0.15) is 0 Å². The quantitative estimate of drug-likeness (QED) is 0.268. The van der Waals surface area contributed by atoms with E-state index in [1.807, 2.05) is 0 Å². The Labute approximate surface area is 119 Å². The molecule has 0 bridgehead atoms. The van der Waals surface area contributed by atoms with Crippen molar-refractivity contribution in [2.24, 2.45) is 0 Å². The fourth-order valence-electron chi connectivity index (χ4n) is 2.29. The first-order chi connectivity index (χ1) is 9.86. The smallest absolute Gasteiger partial charge is 0.187 e. The molecule has 2 saturated heterocycles. The lowest BCUT2D eigenvalue weighted by Gasteiger charge is -2.43. The van der Waals surface area contributed by atoms with Gasteiger partial charge in [0.05, 0.1) is 13.2 Å². The average molecular weight is 312 g/mol. The monoisotopic (exact) mass is 312 g/mol. The zero-order valence-electron chi connectivity index (χ0n) is 11.0. The Balaban J connectivity index is 2.06. The summed E-state index contributed by atoms with van der Waals surface area (Å²) in [7, 11) is 0. The van der Waals surface area contributed by atoms with E-state index in [0.717, 1.165) is 0 Å². The molecule has 21 heavy (non-hydrogen) atoms. The van der Waals surface area contributed by atoms with Gasteiger partial charge in [-0.1, -0.05) is 0 Å². The van der Waals surface area contributed by atoms with Crippen molar-refractivity contribution >= 4 is 0 Å². The van der Waals surface area contributed by atoms with E-state index in [2.05, 4.69) is 4.74 Å². The molecule has 2 aliphatic rings. The summed E-state index contributed by atoms with van der Waals surface area (Å²) in [4.78, 5) is 0. The maximum Gasteiger partial charge on any atom is 0.187 e. The summed E-state index contributed by atoms with van der Waals surface area (Å²) in [6.07, 6.45) is -13.3. The Hall–Kier alpha value is -0.400. The van der Waals surface area contributed by atoms with E-state index in [9.17, 15) is 30.6 Å². The second-order valence-electron chi connectivity index (χ2n) is 5.08. The summed E-state index contributed by atoms with van der Waals surface area (Å²) >= 11 is 0. The van der Waals surface area contributed by atoms with Gasteiger partial charge in [0.25, 0.3) is 0 Å². The van der Waals surface area contributed by atoms with Gasteiger partial charge in [-0.25, -0.2) is 0 Å². The standard InChI is InChI=1S/C11H20O10/c12-1-4-5(14)6(15)7(16)11(20-4)21-9-3(13)2-19-10(18)8(9)17/h3-18H,1-2H2/t3-,4-,5-,6+,7-,8-,9+,10-,11+/m1/s1. The molecule has 2 fully saturated rings. The van der Waals surface area contributed by atoms with Crippen LogP contribution in [-0.2, 0) is 14.2 Å². The van der Waals surface area contributed by atoms with Gasteiger partial charge in [0.1, 0.15) is 42.7 Å². The molecule has 2 heterocycles. The van der Waals surface area contributed by atoms with E-state index in [1.165, 1.54) is 0 Å². The highest BCUT2D eigenvalue weighted by Crippen LogP contribution is 2.26. The summed E-state index contributed by atoms with van der Waals surface area (Å²) in [5.41, 5.74) is 0. The molecule has 0 aromatic carbocycles. The average Bonchev–Trinajstić information content (AvgIpc) is 2.47. The van der Waals surface area contributed by atoms with E-state index in [4.69, 9.17) is 14.6 Å². The van der Waals surface area contributed by atoms with Crippen LogP contribution in [0, 0.1) is 0 Å². The Morgan fingerprint density at radius 3 is 2.19 bits per heavy atom. The summed E-state index contributed by atoms with van der Waals surface area (Å²) in [5.74, 6) is 0. The molecule has 0 unspecified atom stereocenters. The first-order valence-electron chi connectivity index (χ1n) is 6.48. The van der Waals surface area contributed by atoms with Crippen molar-refractivity contribution in [3.8, 4) is 0 Å². The second-order valence-corrected chi connectivity index (χ2v) is 5.08. The van der Waals surface area contributed by atoms with Crippen molar-refractivity contribution in [2.75, 3.05) is 13.2 Å². The largest absolute Gasteiger partial charge is 0.394 e. The number of aliphatic hydroxyl groups is 7. The third kappa shape index (κ3) is 3.35. The Morgan fingerprint density at radius 2 is 1.57 bits per heavy atom. The predicted molar refractivity (Wildman–Crippen MR) is 62.6 cm³/mol. The molecule has 0 spiro atoms. The van der Waals surface area contributed by atoms with Gasteiger partial charge in [-0.3, -0.25) is 0 Å². The van der Waals surface area contributed by atoms with Gasteiger partial charge in [0.15, 0.2) is 12.6 Å². The van der Waals surface area contributed by atoms with Crippen molar-refractivity contribution in [1.29, 1.82) is 0 Å². The van der Waals surface area contributed by atoms with Gasteiger partial charge in [-0.2, -0.15) is 0 Å². The molecule has 0 saturated carbocycles. The number of ether oxygens (including phenoxy) is 3. The fraction of sp³-hybridized carbons (Fsp3) is 1.00. The van der Waals surface area contributed by atoms with Crippen molar-refractivity contribution in [1.82, 2.24) is 0 Å². The highest BCUT2D eigenvalue weighted by Gasteiger charge is 2.48. The molecule has 10 heteroatoms. The molecule has 0 aliphatic carbocycles. The van der Waals surface area contributed by atoms with Gasteiger partial charge in [-0.05, 0) is 0 Å². The van der Waals surface area contributed by atoms with Gasteiger partial charge >= 0.3 is 0 Å². The van der Waals surface area contributed by atoms with Crippen LogP contribution in [0.15, 0.2) is 0 Å². The van der Waals surface area contributed by atoms with Gasteiger partial charge < -0.3 is 50.0 Å². The maximum absolute atomic E-state index is 9.79. The number of aliphatic hydroxyl groups excluding tert-OH is 7. The molecule has 10 nitrogen and oxygen atoms in total. The summed E-state index contributed by atoms with van der Waals surface area (Å²) in [5, 5.41) is 66.8. The zero-order chi connectivity index (χ0) is 15.7. The van der Waals surface area contributed by atoms with Crippen LogP contribution < -0.4 is 0 Å². The van der Waals surface area contributed by atoms with Crippen LogP contribution in [-0.4, -0.2) is 104 Å². The minimum atomic E-state index is -1.66. The molecule has 0 radical (unpaired) electrons. The van der Waals surface area contributed by atoms with E-state index in [0.29, 0.717) is 0 Å². The lowest BCUT2D eigenvalue weighted by Crippen LogP contribution is -2.62. The minimum Gasteiger partial charge on any atom is -0.394 e. The number of hydrogen-bond donors (Lipinski definition) is 7. The van der Waals surface area contributed by atoms with Gasteiger partial charge in [0.2, 0.25) is 0 Å². The highest BCUT2D eigenvalue weighted by atomic mass is 16.7. The van der Waals surface area contributed by atoms with Crippen molar-refractivity contribution < 1.29 is 50.0 Å². The molecule has 7 N–H and O–H groups in total. The SMILES string of the molecule is OC[C@H]1O[C@@H](O[C@@H]2[C@@H](O)[C@H](O)OC[C@H]2O)[C@H](O)[C@@H](O)[C@@H]1O. The molecular weight excluding hydrogens is 292 g/mol. The third-order valence-corrected chi connectivity index (χ3v) is 3.59. The molecule has 0 aromatic rings. The van der Waals surface area contributed by atoms with Gasteiger partial charge in [-0.15, -0.1) is 0 Å². The van der Waals surface area contributed by atoms with Crippen molar-refractivity contribution in [3.63, 3.8) is 0 Å². The first kappa shape index (κ1) is 17.0. The van der Waals surface area contributed by atoms with E-state index < -0.39 is 61.9 Å². The van der Waals surface area contributed by atoms with E-state index >= 15 is 0 Å². The first-order valence-corrected chi connectivity index (χ1v) is 6.48. The lowest BCUT2D eigenvalue weighted by atomic mass is 9.98. The number of hydrogen-bond acceptors (Lipinski definition) is 10. The molecule has 2 aliphatic heterocycles. The van der Waals surface area contributed by atoms with Crippen LogP contribution >= 0.6 is 0 Å². The Bertz CT molecular complexity index is 339. The van der Waals surface area contributed by atoms with Gasteiger partial charge in [0, 0.05) is 0 Å². The van der Waals surface area contributed by atoms with Crippen molar-refractivity contribution in [3.05, 3.63) is 0 Å². The molecule has 2 rings (SSSR count). The molecular formula is C11H20O10.